The van der Waals surface area contributed by atoms with Crippen LogP contribution in [0.15, 0.2) is 6.07 Å². The molecular formula is C12H18N4OS. The molecule has 0 aliphatic carbocycles. The van der Waals surface area contributed by atoms with Gasteiger partial charge in [-0.15, -0.1) is 5.10 Å². The Labute approximate surface area is 111 Å². The van der Waals surface area contributed by atoms with Crippen LogP contribution in [-0.4, -0.2) is 24.5 Å². The first-order valence-corrected chi connectivity index (χ1v) is 6.95. The van der Waals surface area contributed by atoms with Gasteiger partial charge in [0.15, 0.2) is 0 Å². The Bertz CT molecular complexity index is 520. The lowest BCUT2D eigenvalue weighted by Crippen LogP contribution is -2.08. The van der Waals surface area contributed by atoms with Crippen LogP contribution in [0.1, 0.15) is 41.9 Å². The highest BCUT2D eigenvalue weighted by Gasteiger charge is 2.17. The molecule has 0 aromatic carbocycles. The van der Waals surface area contributed by atoms with Crippen molar-refractivity contribution < 1.29 is 5.11 Å². The topological polar surface area (TPSA) is 63.8 Å². The first kappa shape index (κ1) is 13.2. The van der Waals surface area contributed by atoms with Gasteiger partial charge in [-0.2, -0.15) is 5.10 Å². The molecule has 6 heteroatoms. The monoisotopic (exact) mass is 266 g/mol. The molecule has 18 heavy (non-hydrogen) atoms. The van der Waals surface area contributed by atoms with Crippen LogP contribution in [0.3, 0.4) is 0 Å². The summed E-state index contributed by atoms with van der Waals surface area (Å²) >= 11 is 1.26. The quantitative estimate of drug-likeness (QED) is 0.897. The highest BCUT2D eigenvalue weighted by molar-refractivity contribution is 7.05. The number of aliphatic hydroxyl groups excluding tert-OH is 1. The van der Waals surface area contributed by atoms with Crippen LogP contribution in [0.25, 0.3) is 0 Å². The Morgan fingerprint density at radius 2 is 2.22 bits per heavy atom. The van der Waals surface area contributed by atoms with Gasteiger partial charge in [0.05, 0.1) is 22.4 Å². The normalized spacial score (nSPS) is 12.9. The summed E-state index contributed by atoms with van der Waals surface area (Å²) in [6, 6.07) is 2.07. The Balaban J connectivity index is 2.18. The van der Waals surface area contributed by atoms with E-state index in [0.29, 0.717) is 6.42 Å². The maximum absolute atomic E-state index is 10.2. The van der Waals surface area contributed by atoms with E-state index >= 15 is 0 Å². The second kappa shape index (κ2) is 5.58. The number of rotatable bonds is 5. The van der Waals surface area contributed by atoms with Gasteiger partial charge in [-0.1, -0.05) is 11.4 Å². The van der Waals surface area contributed by atoms with Gasteiger partial charge in [0.1, 0.15) is 0 Å². The molecule has 0 spiro atoms. The van der Waals surface area contributed by atoms with E-state index in [4.69, 9.17) is 0 Å². The second-order valence-electron chi connectivity index (χ2n) is 4.24. The second-order valence-corrected chi connectivity index (χ2v) is 5.02. The van der Waals surface area contributed by atoms with E-state index in [2.05, 4.69) is 34.6 Å². The minimum absolute atomic E-state index is 0.545. The zero-order valence-electron chi connectivity index (χ0n) is 10.9. The number of hydrogen-bond donors (Lipinski definition) is 1. The molecule has 2 aromatic rings. The predicted octanol–water partition coefficient (Wildman–Crippen LogP) is 1.90. The van der Waals surface area contributed by atoms with Gasteiger partial charge < -0.3 is 5.11 Å². The van der Waals surface area contributed by atoms with Crippen LogP contribution in [0, 0.1) is 6.92 Å². The third-order valence-corrected chi connectivity index (χ3v) is 3.89. The minimum Gasteiger partial charge on any atom is -0.387 e. The van der Waals surface area contributed by atoms with Gasteiger partial charge in [-0.3, -0.25) is 4.68 Å². The molecule has 2 aromatic heterocycles. The van der Waals surface area contributed by atoms with Crippen molar-refractivity contribution in [2.45, 2.75) is 46.3 Å². The van der Waals surface area contributed by atoms with Gasteiger partial charge >= 0.3 is 0 Å². The maximum atomic E-state index is 10.2. The number of aromatic nitrogens is 4. The highest BCUT2D eigenvalue weighted by Crippen LogP contribution is 2.23. The average molecular weight is 266 g/mol. The molecule has 0 bridgehead atoms. The molecule has 5 nitrogen and oxygen atoms in total. The third kappa shape index (κ3) is 2.59. The minimum atomic E-state index is -0.545. The molecule has 0 aliphatic heterocycles. The summed E-state index contributed by atoms with van der Waals surface area (Å²) in [6.07, 6.45) is 0.930. The van der Waals surface area contributed by atoms with Crippen molar-refractivity contribution in [3.8, 4) is 0 Å². The Hall–Kier alpha value is -1.27. The fourth-order valence-electron chi connectivity index (χ4n) is 1.96. The van der Waals surface area contributed by atoms with Crippen molar-refractivity contribution in [1.29, 1.82) is 0 Å². The molecule has 0 aliphatic rings. The lowest BCUT2D eigenvalue weighted by molar-refractivity contribution is 0.178. The Kier molecular flexibility index (Phi) is 4.08. The van der Waals surface area contributed by atoms with Gasteiger partial charge in [0.25, 0.3) is 0 Å². The molecule has 98 valence electrons. The Morgan fingerprint density at radius 1 is 1.44 bits per heavy atom. The predicted molar refractivity (Wildman–Crippen MR) is 70.6 cm³/mol. The summed E-state index contributed by atoms with van der Waals surface area (Å²) in [6.45, 7) is 6.83. The van der Waals surface area contributed by atoms with Crippen molar-refractivity contribution >= 4 is 11.5 Å². The molecule has 2 rings (SSSR count). The van der Waals surface area contributed by atoms with E-state index in [9.17, 15) is 5.11 Å². The molecule has 1 unspecified atom stereocenters. The molecule has 0 radical (unpaired) electrons. The molecule has 0 saturated carbocycles. The molecule has 2 heterocycles. The zero-order valence-corrected chi connectivity index (χ0v) is 11.7. The molecule has 0 amide bonds. The number of nitrogens with zero attached hydrogens (tertiary/aromatic N) is 4. The van der Waals surface area contributed by atoms with E-state index in [-0.39, 0.29) is 0 Å². The molecule has 0 saturated heterocycles. The van der Waals surface area contributed by atoms with E-state index in [1.165, 1.54) is 11.5 Å². The summed E-state index contributed by atoms with van der Waals surface area (Å²) in [4.78, 5) is 0.844. The lowest BCUT2D eigenvalue weighted by Gasteiger charge is -2.09. The first-order valence-electron chi connectivity index (χ1n) is 6.18. The molecule has 0 fully saturated rings. The van der Waals surface area contributed by atoms with E-state index in [1.54, 1.807) is 0 Å². The van der Waals surface area contributed by atoms with Crippen LogP contribution in [0.2, 0.25) is 0 Å². The fourth-order valence-corrected chi connectivity index (χ4v) is 2.59. The number of hydrogen-bond acceptors (Lipinski definition) is 5. The van der Waals surface area contributed by atoms with Crippen molar-refractivity contribution in [3.63, 3.8) is 0 Å². The highest BCUT2D eigenvalue weighted by atomic mass is 32.1. The number of aliphatic hydroxyl groups is 1. The van der Waals surface area contributed by atoms with Crippen molar-refractivity contribution in [2.75, 3.05) is 0 Å². The van der Waals surface area contributed by atoms with Crippen molar-refractivity contribution in [1.82, 2.24) is 19.4 Å². The Morgan fingerprint density at radius 3 is 2.78 bits per heavy atom. The van der Waals surface area contributed by atoms with Crippen LogP contribution < -0.4 is 0 Å². The fraction of sp³-hybridized carbons (Fsp3) is 0.583. The SMILES string of the molecule is CCc1cc(CC(O)c2snnc2C)n(CC)n1. The standard InChI is InChI=1S/C12H18N4OS/c1-4-9-6-10(16(5-2)14-9)7-11(17)12-8(3)13-15-18-12/h6,11,17H,4-5,7H2,1-3H3. The van der Waals surface area contributed by atoms with Crippen LogP contribution in [0.4, 0.5) is 0 Å². The van der Waals surface area contributed by atoms with E-state index < -0.39 is 6.10 Å². The first-order chi connectivity index (χ1) is 8.65. The summed E-state index contributed by atoms with van der Waals surface area (Å²) in [5.74, 6) is 0. The van der Waals surface area contributed by atoms with Crippen LogP contribution in [-0.2, 0) is 19.4 Å². The zero-order chi connectivity index (χ0) is 13.1. The summed E-state index contributed by atoms with van der Waals surface area (Å²) in [5, 5.41) is 18.6. The van der Waals surface area contributed by atoms with Gasteiger partial charge in [0.2, 0.25) is 0 Å². The van der Waals surface area contributed by atoms with E-state index in [0.717, 1.165) is 34.9 Å². The lowest BCUT2D eigenvalue weighted by atomic mass is 10.1. The molecular weight excluding hydrogens is 248 g/mol. The third-order valence-electron chi connectivity index (χ3n) is 2.97. The van der Waals surface area contributed by atoms with Crippen molar-refractivity contribution in [3.05, 3.63) is 28.0 Å². The van der Waals surface area contributed by atoms with Gasteiger partial charge in [0, 0.05) is 18.7 Å². The van der Waals surface area contributed by atoms with Crippen LogP contribution in [0.5, 0.6) is 0 Å². The largest absolute Gasteiger partial charge is 0.387 e. The van der Waals surface area contributed by atoms with Gasteiger partial charge in [-0.25, -0.2) is 0 Å². The average Bonchev–Trinajstić information content (AvgIpc) is 2.95. The maximum Gasteiger partial charge on any atom is 0.0972 e. The van der Waals surface area contributed by atoms with Crippen LogP contribution >= 0.6 is 11.5 Å². The summed E-state index contributed by atoms with van der Waals surface area (Å²) in [5.41, 5.74) is 2.94. The molecule has 1 atom stereocenters. The van der Waals surface area contributed by atoms with Crippen molar-refractivity contribution in [2.24, 2.45) is 0 Å². The molecule has 1 N–H and O–H groups in total. The summed E-state index contributed by atoms with van der Waals surface area (Å²) in [7, 11) is 0. The summed E-state index contributed by atoms with van der Waals surface area (Å²) < 4.78 is 5.81. The smallest absolute Gasteiger partial charge is 0.0972 e. The van der Waals surface area contributed by atoms with E-state index in [1.807, 2.05) is 11.6 Å². The van der Waals surface area contributed by atoms with Gasteiger partial charge in [-0.05, 0) is 37.9 Å². The number of aryl methyl sites for hydroxylation is 3.